The SMILES string of the molecule is CCCCNC(=O)[C@H](C)N(Cc1c(Cl)cccc1Cl)C(=O)CN(C)S(=O)(=O)c1ccc(Cl)cc1. The van der Waals surface area contributed by atoms with Crippen LogP contribution in [0.4, 0.5) is 0 Å². The lowest BCUT2D eigenvalue weighted by molar-refractivity contribution is -0.140. The first-order chi connectivity index (χ1) is 16.0. The molecule has 0 aliphatic carbocycles. The Kier molecular flexibility index (Phi) is 10.6. The standard InChI is InChI=1S/C23H28Cl3N3O4S/c1-4-5-13-27-23(31)16(2)29(14-19-20(25)7-6-8-21(19)26)22(30)15-28(3)34(32,33)18-11-9-17(24)10-12-18/h6-12,16H,4-5,13-15H2,1-3H3,(H,27,31)/t16-/m0/s1. The number of carbonyl (C=O) groups is 2. The van der Waals surface area contributed by atoms with Crippen LogP contribution >= 0.6 is 34.8 Å². The summed E-state index contributed by atoms with van der Waals surface area (Å²) in [6, 6.07) is 9.70. The Bertz CT molecular complexity index is 1090. The number of sulfonamides is 1. The highest BCUT2D eigenvalue weighted by Crippen LogP contribution is 2.27. The molecule has 2 aromatic rings. The number of nitrogens with zero attached hydrogens (tertiary/aromatic N) is 2. The summed E-state index contributed by atoms with van der Waals surface area (Å²) in [5, 5.41) is 3.88. The minimum absolute atomic E-state index is 0.00162. The van der Waals surface area contributed by atoms with Gasteiger partial charge < -0.3 is 10.2 Å². The Balaban J connectivity index is 2.30. The molecular weight excluding hydrogens is 521 g/mol. The summed E-state index contributed by atoms with van der Waals surface area (Å²) < 4.78 is 26.8. The summed E-state index contributed by atoms with van der Waals surface area (Å²) in [5.41, 5.74) is 0.468. The van der Waals surface area contributed by atoms with Gasteiger partial charge in [-0.15, -0.1) is 0 Å². The lowest BCUT2D eigenvalue weighted by Crippen LogP contribution is -2.50. The fourth-order valence-corrected chi connectivity index (χ4v) is 4.89. The summed E-state index contributed by atoms with van der Waals surface area (Å²) in [6.07, 6.45) is 1.70. The normalized spacial score (nSPS) is 12.4. The minimum Gasteiger partial charge on any atom is -0.354 e. The van der Waals surface area contributed by atoms with Crippen LogP contribution in [0, 0.1) is 0 Å². The van der Waals surface area contributed by atoms with Crippen molar-refractivity contribution in [3.63, 3.8) is 0 Å². The lowest BCUT2D eigenvalue weighted by Gasteiger charge is -2.31. The number of benzene rings is 2. The maximum atomic E-state index is 13.3. The molecule has 1 atom stereocenters. The highest BCUT2D eigenvalue weighted by Gasteiger charge is 2.31. The number of carbonyl (C=O) groups excluding carboxylic acids is 2. The summed E-state index contributed by atoms with van der Waals surface area (Å²) in [5.74, 6) is -0.928. The molecule has 0 aromatic heterocycles. The number of halogens is 3. The molecule has 7 nitrogen and oxygen atoms in total. The molecule has 0 aliphatic rings. The van der Waals surface area contributed by atoms with E-state index in [4.69, 9.17) is 34.8 Å². The fraction of sp³-hybridized carbons (Fsp3) is 0.391. The fourth-order valence-electron chi connectivity index (χ4n) is 3.13. The van der Waals surface area contributed by atoms with E-state index in [0.29, 0.717) is 27.2 Å². The predicted molar refractivity (Wildman–Crippen MR) is 136 cm³/mol. The second-order valence-electron chi connectivity index (χ2n) is 7.76. The van der Waals surface area contributed by atoms with Crippen LogP contribution in [0.2, 0.25) is 15.1 Å². The molecule has 0 bridgehead atoms. The molecule has 0 radical (unpaired) electrons. The van der Waals surface area contributed by atoms with E-state index in [1.165, 1.54) is 36.2 Å². The van der Waals surface area contributed by atoms with E-state index in [1.807, 2.05) is 6.92 Å². The smallest absolute Gasteiger partial charge is 0.243 e. The first-order valence-electron chi connectivity index (χ1n) is 10.7. The van der Waals surface area contributed by atoms with Gasteiger partial charge in [0.05, 0.1) is 11.4 Å². The molecule has 11 heteroatoms. The van der Waals surface area contributed by atoms with Gasteiger partial charge in [0.25, 0.3) is 0 Å². The van der Waals surface area contributed by atoms with Crippen molar-refractivity contribution in [3.8, 4) is 0 Å². The van der Waals surface area contributed by atoms with Crippen LogP contribution in [-0.4, -0.2) is 55.6 Å². The van der Waals surface area contributed by atoms with E-state index >= 15 is 0 Å². The molecule has 34 heavy (non-hydrogen) atoms. The van der Waals surface area contributed by atoms with E-state index in [-0.39, 0.29) is 17.3 Å². The van der Waals surface area contributed by atoms with Crippen LogP contribution in [-0.2, 0) is 26.2 Å². The van der Waals surface area contributed by atoms with Crippen LogP contribution in [0.15, 0.2) is 47.4 Å². The monoisotopic (exact) mass is 547 g/mol. The summed E-state index contributed by atoms with van der Waals surface area (Å²) in [6.45, 7) is 3.51. The van der Waals surface area contributed by atoms with Crippen LogP contribution in [0.25, 0.3) is 0 Å². The van der Waals surface area contributed by atoms with Gasteiger partial charge in [0.2, 0.25) is 21.8 Å². The average Bonchev–Trinajstić information content (AvgIpc) is 2.78. The van der Waals surface area contributed by atoms with Crippen molar-refractivity contribution in [3.05, 3.63) is 63.1 Å². The van der Waals surface area contributed by atoms with Crippen LogP contribution in [0.1, 0.15) is 32.3 Å². The molecule has 2 aromatic carbocycles. The zero-order valence-corrected chi connectivity index (χ0v) is 22.3. The van der Waals surface area contributed by atoms with Crippen molar-refractivity contribution in [1.82, 2.24) is 14.5 Å². The Morgan fingerprint density at radius 3 is 2.18 bits per heavy atom. The number of rotatable bonds is 11. The zero-order chi connectivity index (χ0) is 25.5. The van der Waals surface area contributed by atoms with Crippen molar-refractivity contribution >= 4 is 56.6 Å². The number of nitrogens with one attached hydrogen (secondary N) is 1. The third-order valence-corrected chi connectivity index (χ3v) is 8.04. The van der Waals surface area contributed by atoms with Gasteiger partial charge in [-0.25, -0.2) is 8.42 Å². The van der Waals surface area contributed by atoms with Gasteiger partial charge in [-0.3, -0.25) is 9.59 Å². The lowest BCUT2D eigenvalue weighted by atomic mass is 10.1. The summed E-state index contributed by atoms with van der Waals surface area (Å²) in [4.78, 5) is 27.3. The molecule has 0 fully saturated rings. The Hall–Kier alpha value is -1.84. The van der Waals surface area contributed by atoms with Crippen molar-refractivity contribution < 1.29 is 18.0 Å². The Morgan fingerprint density at radius 1 is 1.03 bits per heavy atom. The Labute approximate surface area is 216 Å². The topological polar surface area (TPSA) is 86.8 Å². The first-order valence-corrected chi connectivity index (χ1v) is 13.3. The van der Waals surface area contributed by atoms with Crippen molar-refractivity contribution in [2.75, 3.05) is 20.1 Å². The minimum atomic E-state index is -3.96. The third-order valence-electron chi connectivity index (χ3n) is 5.27. The number of likely N-dealkylation sites (N-methyl/N-ethyl adjacent to an activating group) is 1. The average molecular weight is 549 g/mol. The second-order valence-corrected chi connectivity index (χ2v) is 11.1. The number of amides is 2. The van der Waals surface area contributed by atoms with E-state index in [2.05, 4.69) is 5.32 Å². The second kappa shape index (κ2) is 12.7. The molecule has 186 valence electrons. The quantitative estimate of drug-likeness (QED) is 0.416. The molecule has 1 N–H and O–H groups in total. The maximum absolute atomic E-state index is 13.3. The van der Waals surface area contributed by atoms with E-state index < -0.39 is 28.5 Å². The van der Waals surface area contributed by atoms with Crippen LogP contribution in [0.5, 0.6) is 0 Å². The summed E-state index contributed by atoms with van der Waals surface area (Å²) in [7, 11) is -2.66. The van der Waals surface area contributed by atoms with Crippen molar-refractivity contribution in [2.45, 2.75) is 44.2 Å². The largest absolute Gasteiger partial charge is 0.354 e. The predicted octanol–water partition coefficient (Wildman–Crippen LogP) is 4.60. The molecule has 0 unspecified atom stereocenters. The maximum Gasteiger partial charge on any atom is 0.243 e. The first kappa shape index (κ1) is 28.4. The van der Waals surface area contributed by atoms with Gasteiger partial charge in [0.1, 0.15) is 6.04 Å². The summed E-state index contributed by atoms with van der Waals surface area (Å²) >= 11 is 18.4. The van der Waals surface area contributed by atoms with Gasteiger partial charge >= 0.3 is 0 Å². The third kappa shape index (κ3) is 7.33. The molecule has 2 amide bonds. The molecule has 0 saturated heterocycles. The molecule has 0 aliphatic heterocycles. The molecule has 0 heterocycles. The molecule has 2 rings (SSSR count). The van der Waals surface area contributed by atoms with E-state index in [0.717, 1.165) is 17.1 Å². The number of hydrogen-bond donors (Lipinski definition) is 1. The van der Waals surface area contributed by atoms with Crippen molar-refractivity contribution in [2.24, 2.45) is 0 Å². The van der Waals surface area contributed by atoms with Crippen LogP contribution in [0.3, 0.4) is 0 Å². The highest BCUT2D eigenvalue weighted by atomic mass is 35.5. The van der Waals surface area contributed by atoms with Crippen molar-refractivity contribution in [1.29, 1.82) is 0 Å². The number of hydrogen-bond acceptors (Lipinski definition) is 4. The van der Waals surface area contributed by atoms with Gasteiger partial charge in [0, 0.05) is 40.8 Å². The number of unbranched alkanes of at least 4 members (excludes halogenated alkanes) is 1. The zero-order valence-electron chi connectivity index (χ0n) is 19.2. The molecule has 0 spiro atoms. The van der Waals surface area contributed by atoms with Crippen LogP contribution < -0.4 is 5.32 Å². The molecule has 0 saturated carbocycles. The van der Waals surface area contributed by atoms with Gasteiger partial charge in [-0.1, -0.05) is 54.2 Å². The van der Waals surface area contributed by atoms with Gasteiger partial charge in [0.15, 0.2) is 0 Å². The Morgan fingerprint density at radius 2 is 1.62 bits per heavy atom. The van der Waals surface area contributed by atoms with E-state index in [9.17, 15) is 18.0 Å². The van der Waals surface area contributed by atoms with E-state index in [1.54, 1.807) is 25.1 Å². The highest BCUT2D eigenvalue weighted by molar-refractivity contribution is 7.89. The van der Waals surface area contributed by atoms with Gasteiger partial charge in [-0.2, -0.15) is 4.31 Å². The molecular formula is C23H28Cl3N3O4S. The van der Waals surface area contributed by atoms with Gasteiger partial charge in [-0.05, 0) is 49.7 Å².